The molecule has 0 radical (unpaired) electrons. The van der Waals surface area contributed by atoms with Gasteiger partial charge in [0.1, 0.15) is 0 Å². The van der Waals surface area contributed by atoms with E-state index >= 15 is 0 Å². The van der Waals surface area contributed by atoms with Crippen LogP contribution in [0.5, 0.6) is 0 Å². The Morgan fingerprint density at radius 3 is 2.42 bits per heavy atom. The molecule has 0 unspecified atom stereocenters. The molecule has 1 aliphatic carbocycles. The number of benzene rings is 1. The lowest BCUT2D eigenvalue weighted by atomic mass is 10.1. The molecule has 1 fully saturated rings. The Bertz CT molecular complexity index is 639. The van der Waals surface area contributed by atoms with Crippen LogP contribution >= 0.6 is 0 Å². The van der Waals surface area contributed by atoms with Gasteiger partial charge in [-0.05, 0) is 43.2 Å². The average molecular weight is 256 g/mol. The first kappa shape index (κ1) is 11.6. The number of carboxylic acids is 1. The molecule has 5 nitrogen and oxygen atoms in total. The van der Waals surface area contributed by atoms with Crippen molar-refractivity contribution in [3.05, 3.63) is 47.8 Å². The molecule has 1 aliphatic rings. The summed E-state index contributed by atoms with van der Waals surface area (Å²) in [5, 5.41) is 12.9. The molecule has 0 bridgehead atoms. The predicted octanol–water partition coefficient (Wildman–Crippen LogP) is 2.02. The highest BCUT2D eigenvalue weighted by Crippen LogP contribution is 2.40. The number of Topliss-reactive ketones (excluding diaryl/α,β-unsaturated/α-hetero) is 1. The summed E-state index contributed by atoms with van der Waals surface area (Å²) in [5.74, 6) is -1.76. The molecule has 1 saturated carbocycles. The zero-order valence-electron chi connectivity index (χ0n) is 10.1. The van der Waals surface area contributed by atoms with Gasteiger partial charge in [0.25, 0.3) is 5.78 Å². The smallest absolute Gasteiger partial charge is 0.377 e. The van der Waals surface area contributed by atoms with Crippen molar-refractivity contribution in [2.75, 3.05) is 0 Å². The summed E-state index contributed by atoms with van der Waals surface area (Å²) in [6.07, 6.45) is 4.12. The van der Waals surface area contributed by atoms with Crippen molar-refractivity contribution in [2.24, 2.45) is 0 Å². The second-order valence-corrected chi connectivity index (χ2v) is 4.62. The van der Waals surface area contributed by atoms with Gasteiger partial charge in [0.2, 0.25) is 0 Å². The van der Waals surface area contributed by atoms with Crippen LogP contribution in [0.4, 0.5) is 0 Å². The fourth-order valence-electron chi connectivity index (χ4n) is 2.09. The van der Waals surface area contributed by atoms with Crippen LogP contribution in [0.3, 0.4) is 0 Å². The van der Waals surface area contributed by atoms with E-state index < -0.39 is 11.8 Å². The minimum atomic E-state index is -1.44. The maximum atomic E-state index is 11.3. The van der Waals surface area contributed by atoms with Crippen molar-refractivity contribution in [1.29, 1.82) is 0 Å². The normalized spacial score (nSPS) is 14.3. The Morgan fingerprint density at radius 1 is 1.16 bits per heavy atom. The van der Waals surface area contributed by atoms with E-state index in [0.717, 1.165) is 11.4 Å². The minimum absolute atomic E-state index is 0.177. The molecule has 0 spiro atoms. The molecule has 0 amide bonds. The van der Waals surface area contributed by atoms with Crippen LogP contribution in [0, 0.1) is 0 Å². The summed E-state index contributed by atoms with van der Waals surface area (Å²) in [4.78, 5) is 21.9. The molecular formula is C14H12N2O3. The average Bonchev–Trinajstić information content (AvgIpc) is 3.15. The van der Waals surface area contributed by atoms with Gasteiger partial charge in [-0.1, -0.05) is 0 Å². The third kappa shape index (κ3) is 2.14. The topological polar surface area (TPSA) is 72.2 Å². The number of rotatable bonds is 4. The fourth-order valence-corrected chi connectivity index (χ4v) is 2.09. The number of carbonyl (C=O) groups is 2. The first-order valence-corrected chi connectivity index (χ1v) is 6.09. The molecule has 1 N–H and O–H groups in total. The third-order valence-electron chi connectivity index (χ3n) is 3.24. The Kier molecular flexibility index (Phi) is 2.67. The van der Waals surface area contributed by atoms with E-state index in [1.807, 2.05) is 10.7 Å². The van der Waals surface area contributed by atoms with Gasteiger partial charge in [-0.15, -0.1) is 0 Å². The lowest BCUT2D eigenvalue weighted by Gasteiger charge is -2.07. The Morgan fingerprint density at radius 2 is 1.84 bits per heavy atom. The molecule has 0 saturated heterocycles. The number of aliphatic carboxylic acids is 1. The summed E-state index contributed by atoms with van der Waals surface area (Å²) < 4.78 is 1.84. The molecule has 1 aromatic heterocycles. The monoisotopic (exact) mass is 256 g/mol. The van der Waals surface area contributed by atoms with Crippen molar-refractivity contribution in [2.45, 2.75) is 18.8 Å². The third-order valence-corrected chi connectivity index (χ3v) is 3.24. The van der Waals surface area contributed by atoms with Crippen molar-refractivity contribution in [1.82, 2.24) is 9.78 Å². The van der Waals surface area contributed by atoms with Gasteiger partial charge >= 0.3 is 5.97 Å². The van der Waals surface area contributed by atoms with Gasteiger partial charge in [-0.3, -0.25) is 4.79 Å². The highest BCUT2D eigenvalue weighted by Gasteiger charge is 2.27. The molecule has 19 heavy (non-hydrogen) atoms. The molecular weight excluding hydrogens is 244 g/mol. The van der Waals surface area contributed by atoms with E-state index in [4.69, 9.17) is 5.11 Å². The van der Waals surface area contributed by atoms with Gasteiger partial charge < -0.3 is 5.11 Å². The van der Waals surface area contributed by atoms with Crippen LogP contribution < -0.4 is 0 Å². The molecule has 0 atom stereocenters. The van der Waals surface area contributed by atoms with E-state index in [1.165, 1.54) is 25.0 Å². The molecule has 3 rings (SSSR count). The standard InChI is InChI=1S/C14H12N2O3/c17-13(14(18)19)10-3-5-11(6-4-10)16-12(7-8-15-16)9-1-2-9/h3-9H,1-2H2,(H,18,19). The van der Waals surface area contributed by atoms with Gasteiger partial charge in [0.05, 0.1) is 5.69 Å². The first-order valence-electron chi connectivity index (χ1n) is 6.09. The minimum Gasteiger partial charge on any atom is -0.475 e. The van der Waals surface area contributed by atoms with Crippen molar-refractivity contribution < 1.29 is 14.7 Å². The van der Waals surface area contributed by atoms with E-state index in [2.05, 4.69) is 5.10 Å². The quantitative estimate of drug-likeness (QED) is 0.671. The second-order valence-electron chi connectivity index (χ2n) is 4.62. The van der Waals surface area contributed by atoms with Gasteiger partial charge in [-0.25, -0.2) is 9.48 Å². The highest BCUT2D eigenvalue weighted by molar-refractivity contribution is 6.39. The van der Waals surface area contributed by atoms with Crippen LogP contribution in [-0.2, 0) is 4.79 Å². The van der Waals surface area contributed by atoms with Crippen LogP contribution in [0.1, 0.15) is 34.8 Å². The number of hydrogen-bond acceptors (Lipinski definition) is 3. The van der Waals surface area contributed by atoms with Gasteiger partial charge in [-0.2, -0.15) is 5.10 Å². The van der Waals surface area contributed by atoms with Crippen LogP contribution in [0.15, 0.2) is 36.5 Å². The Hall–Kier alpha value is -2.43. The fraction of sp³-hybridized carbons (Fsp3) is 0.214. The maximum absolute atomic E-state index is 11.3. The Labute approximate surface area is 109 Å². The first-order chi connectivity index (χ1) is 9.16. The molecule has 2 aromatic rings. The summed E-state index contributed by atoms with van der Waals surface area (Å²) >= 11 is 0. The zero-order chi connectivity index (χ0) is 13.4. The van der Waals surface area contributed by atoms with E-state index in [-0.39, 0.29) is 5.56 Å². The van der Waals surface area contributed by atoms with Gasteiger partial charge in [0.15, 0.2) is 0 Å². The van der Waals surface area contributed by atoms with Crippen LogP contribution in [0.2, 0.25) is 0 Å². The van der Waals surface area contributed by atoms with Crippen molar-refractivity contribution in [3.63, 3.8) is 0 Å². The Balaban J connectivity index is 1.92. The number of carbonyl (C=O) groups excluding carboxylic acids is 1. The molecule has 1 heterocycles. The predicted molar refractivity (Wildman–Crippen MR) is 67.5 cm³/mol. The highest BCUT2D eigenvalue weighted by atomic mass is 16.4. The lowest BCUT2D eigenvalue weighted by molar-refractivity contribution is -0.131. The zero-order valence-corrected chi connectivity index (χ0v) is 10.1. The maximum Gasteiger partial charge on any atom is 0.377 e. The second kappa shape index (κ2) is 4.35. The van der Waals surface area contributed by atoms with Crippen LogP contribution in [-0.4, -0.2) is 26.6 Å². The number of nitrogens with zero attached hydrogens (tertiary/aromatic N) is 2. The summed E-state index contributed by atoms with van der Waals surface area (Å²) in [7, 11) is 0. The van der Waals surface area contributed by atoms with Crippen molar-refractivity contribution in [3.8, 4) is 5.69 Å². The van der Waals surface area contributed by atoms with Crippen molar-refractivity contribution >= 4 is 11.8 Å². The SMILES string of the molecule is O=C(O)C(=O)c1ccc(-n2nccc2C2CC2)cc1. The lowest BCUT2D eigenvalue weighted by Crippen LogP contribution is -2.12. The summed E-state index contributed by atoms with van der Waals surface area (Å²) in [6, 6.07) is 8.46. The number of ketones is 1. The van der Waals surface area contributed by atoms with E-state index in [9.17, 15) is 9.59 Å². The number of aromatic nitrogens is 2. The van der Waals surface area contributed by atoms with Gasteiger partial charge in [0, 0.05) is 23.4 Å². The molecule has 0 aliphatic heterocycles. The van der Waals surface area contributed by atoms with Crippen LogP contribution in [0.25, 0.3) is 5.69 Å². The molecule has 5 heteroatoms. The summed E-state index contributed by atoms with van der Waals surface area (Å²) in [5.41, 5.74) is 2.18. The largest absolute Gasteiger partial charge is 0.475 e. The molecule has 1 aromatic carbocycles. The molecule has 96 valence electrons. The summed E-state index contributed by atoms with van der Waals surface area (Å²) in [6.45, 7) is 0. The number of carboxylic acid groups (broad SMARTS) is 1. The van der Waals surface area contributed by atoms with E-state index in [0.29, 0.717) is 5.92 Å². The number of hydrogen-bond donors (Lipinski definition) is 1. The van der Waals surface area contributed by atoms with E-state index in [1.54, 1.807) is 18.3 Å².